The zero-order valence-corrected chi connectivity index (χ0v) is 20.3. The van der Waals surface area contributed by atoms with Crippen molar-refractivity contribution in [1.29, 1.82) is 0 Å². The number of nitrogen functional groups attached to an aromatic ring is 1. The van der Waals surface area contributed by atoms with E-state index in [9.17, 15) is 26.3 Å². The number of hydrogen-bond donors (Lipinski definition) is 2. The summed E-state index contributed by atoms with van der Waals surface area (Å²) in [7, 11) is 0. The number of aromatic nitrogens is 3. The molecule has 0 bridgehead atoms. The molecule has 0 saturated heterocycles. The van der Waals surface area contributed by atoms with E-state index in [0.717, 1.165) is 26.2 Å². The number of halogens is 7. The maximum atomic E-state index is 12.8. The van der Waals surface area contributed by atoms with Crippen molar-refractivity contribution in [3.63, 3.8) is 0 Å². The molecular weight excluding hydrogens is 599 g/mol. The molecule has 1 aliphatic rings. The smallest absolute Gasteiger partial charge is 0.412 e. The highest BCUT2D eigenvalue weighted by atomic mass is 127. The van der Waals surface area contributed by atoms with E-state index in [2.05, 4.69) is 32.6 Å². The van der Waals surface area contributed by atoms with Crippen molar-refractivity contribution < 1.29 is 31.1 Å². The first-order chi connectivity index (χ1) is 15.9. The molecule has 0 spiro atoms. The van der Waals surface area contributed by atoms with Gasteiger partial charge in [0, 0.05) is 27.6 Å². The van der Waals surface area contributed by atoms with Gasteiger partial charge in [0.2, 0.25) is 6.04 Å². The number of pyridine rings is 1. The lowest BCUT2D eigenvalue weighted by Crippen LogP contribution is -2.52. The molecule has 3 aromatic rings. The van der Waals surface area contributed by atoms with Crippen LogP contribution in [0.1, 0.15) is 12.0 Å². The SMILES string of the molecule is Nc1nccc2c1nc(Sc1cc3c(cc1I)OCC3)n2CCCNC(C([19F])([19F])[19F])C([19F])([19F])[19F]. The van der Waals surface area contributed by atoms with Gasteiger partial charge in [-0.05, 0) is 59.3 Å². The summed E-state index contributed by atoms with van der Waals surface area (Å²) in [5.41, 5.74) is 8.02. The highest BCUT2D eigenvalue weighted by Gasteiger charge is 2.56. The second-order valence-corrected chi connectivity index (χ2v) is 9.70. The molecule has 6 nitrogen and oxygen atoms in total. The van der Waals surface area contributed by atoms with E-state index in [-0.39, 0.29) is 18.8 Å². The van der Waals surface area contributed by atoms with Gasteiger partial charge in [0.15, 0.2) is 11.0 Å². The van der Waals surface area contributed by atoms with Crippen LogP contribution in [-0.4, -0.2) is 46.1 Å². The number of ether oxygens (including phenoxy) is 1. The maximum Gasteiger partial charge on any atom is 0.412 e. The average Bonchev–Trinajstić information content (AvgIpc) is 3.31. The number of nitrogens with two attached hydrogens (primary N) is 1. The van der Waals surface area contributed by atoms with Gasteiger partial charge in [-0.15, -0.1) is 0 Å². The third-order valence-electron chi connectivity index (χ3n) is 5.17. The molecule has 2 aromatic heterocycles. The summed E-state index contributed by atoms with van der Waals surface area (Å²) < 4.78 is 84.9. The summed E-state index contributed by atoms with van der Waals surface area (Å²) in [6.07, 6.45) is -8.62. The van der Waals surface area contributed by atoms with Crippen LogP contribution in [0.5, 0.6) is 5.75 Å². The Morgan fingerprint density at radius 2 is 1.94 bits per heavy atom. The van der Waals surface area contributed by atoms with Crippen molar-refractivity contribution in [3.05, 3.63) is 33.5 Å². The fourth-order valence-electron chi connectivity index (χ4n) is 3.60. The number of nitrogens with zero attached hydrogens (tertiary/aromatic N) is 3. The largest absolute Gasteiger partial charge is 0.493 e. The number of aryl methyl sites for hydroxylation is 1. The van der Waals surface area contributed by atoms with Crippen LogP contribution in [-0.2, 0) is 13.0 Å². The van der Waals surface area contributed by atoms with Crippen molar-refractivity contribution in [2.45, 2.75) is 47.8 Å². The Bertz CT molecular complexity index is 1180. The molecule has 14 heteroatoms. The molecule has 34 heavy (non-hydrogen) atoms. The summed E-state index contributed by atoms with van der Waals surface area (Å²) in [6, 6.07) is 2.00. The third-order valence-corrected chi connectivity index (χ3v) is 7.48. The number of rotatable bonds is 7. The lowest BCUT2D eigenvalue weighted by Gasteiger charge is -2.24. The Morgan fingerprint density at radius 1 is 1.21 bits per heavy atom. The number of nitrogens with one attached hydrogen (secondary N) is 1. The zero-order valence-electron chi connectivity index (χ0n) is 17.3. The molecule has 1 aromatic carbocycles. The molecule has 0 fully saturated rings. The van der Waals surface area contributed by atoms with Crippen LogP contribution in [0, 0.1) is 3.57 Å². The second kappa shape index (κ2) is 9.60. The van der Waals surface area contributed by atoms with Crippen LogP contribution in [0.15, 0.2) is 34.4 Å². The molecule has 0 atom stereocenters. The number of hydrogen-bond acceptors (Lipinski definition) is 6. The van der Waals surface area contributed by atoms with Gasteiger partial charge in [0.25, 0.3) is 0 Å². The zero-order chi connectivity index (χ0) is 24.7. The van der Waals surface area contributed by atoms with E-state index >= 15 is 0 Å². The van der Waals surface area contributed by atoms with Gasteiger partial charge in [-0.25, -0.2) is 9.97 Å². The predicted molar refractivity (Wildman–Crippen MR) is 123 cm³/mol. The Kier molecular flexibility index (Phi) is 7.11. The first-order valence-electron chi connectivity index (χ1n) is 10.1. The van der Waals surface area contributed by atoms with E-state index in [1.165, 1.54) is 18.0 Å². The molecule has 0 radical (unpaired) electrons. The van der Waals surface area contributed by atoms with Crippen LogP contribution in [0.2, 0.25) is 0 Å². The Hall–Kier alpha value is -1.94. The van der Waals surface area contributed by atoms with Gasteiger partial charge >= 0.3 is 12.4 Å². The minimum absolute atomic E-state index is 0.000965. The molecule has 0 saturated carbocycles. The van der Waals surface area contributed by atoms with E-state index < -0.39 is 24.9 Å². The molecule has 4 rings (SSSR count). The van der Waals surface area contributed by atoms with Gasteiger partial charge in [-0.3, -0.25) is 5.32 Å². The van der Waals surface area contributed by atoms with Gasteiger partial charge in [-0.1, -0.05) is 11.8 Å². The van der Waals surface area contributed by atoms with Crippen LogP contribution in [0.25, 0.3) is 11.0 Å². The standard InChI is InChI=1S/C20H18F6IN5OS/c21-19(22,23)17(20(24,25)26)30-4-1-6-32-12-2-5-29-16(28)15(12)31-18(32)34-14-8-10-3-7-33-13(10)9-11(14)27/h2,5,8-9,17,30H,1,3-4,6-7H2,(H2,28,29)/i21+0,22+0,23+0,24+0,25+0,26+0. The summed E-state index contributed by atoms with van der Waals surface area (Å²) in [5.74, 6) is 1.01. The summed E-state index contributed by atoms with van der Waals surface area (Å²) in [6.45, 7) is 0.230. The summed E-state index contributed by atoms with van der Waals surface area (Å²) >= 11 is 3.52. The normalized spacial score (nSPS) is 14.1. The molecular formula is C20H18F6IN5OS. The van der Waals surface area contributed by atoms with Crippen LogP contribution in [0.3, 0.4) is 0 Å². The van der Waals surface area contributed by atoms with E-state index in [0.29, 0.717) is 22.8 Å². The van der Waals surface area contributed by atoms with Gasteiger partial charge in [0.1, 0.15) is 11.3 Å². The Balaban J connectivity index is 1.56. The van der Waals surface area contributed by atoms with E-state index in [4.69, 9.17) is 10.5 Å². The maximum absolute atomic E-state index is 12.8. The third kappa shape index (κ3) is 5.32. The number of alkyl halides is 6. The predicted octanol–water partition coefficient (Wildman–Crippen LogP) is 5.18. The lowest BCUT2D eigenvalue weighted by atomic mass is 10.2. The van der Waals surface area contributed by atoms with E-state index in [1.807, 2.05) is 12.1 Å². The highest BCUT2D eigenvalue weighted by Crippen LogP contribution is 2.39. The fourth-order valence-corrected chi connectivity index (χ4v) is 5.36. The first kappa shape index (κ1) is 25.2. The van der Waals surface area contributed by atoms with Crippen LogP contribution < -0.4 is 15.8 Å². The van der Waals surface area contributed by atoms with E-state index in [1.54, 1.807) is 16.0 Å². The topological polar surface area (TPSA) is 78.0 Å². The van der Waals surface area contributed by atoms with Crippen LogP contribution in [0.4, 0.5) is 32.2 Å². The quantitative estimate of drug-likeness (QED) is 0.216. The fraction of sp³-hybridized carbons (Fsp3) is 0.400. The first-order valence-corrected chi connectivity index (χ1v) is 12.0. The van der Waals surface area contributed by atoms with Crippen molar-refractivity contribution in [1.82, 2.24) is 19.9 Å². The van der Waals surface area contributed by atoms with Crippen molar-refractivity contribution in [3.8, 4) is 5.75 Å². The monoisotopic (exact) mass is 617 g/mol. The highest BCUT2D eigenvalue weighted by molar-refractivity contribution is 14.1. The van der Waals surface area contributed by atoms with Gasteiger partial charge in [-0.2, -0.15) is 26.3 Å². The van der Waals surface area contributed by atoms with Crippen molar-refractivity contribution >= 4 is 51.2 Å². The number of anilines is 1. The van der Waals surface area contributed by atoms with Crippen LogP contribution >= 0.6 is 34.4 Å². The average molecular weight is 617 g/mol. The molecule has 184 valence electrons. The van der Waals surface area contributed by atoms with Gasteiger partial charge < -0.3 is 15.0 Å². The lowest BCUT2D eigenvalue weighted by molar-refractivity contribution is -0.258. The Morgan fingerprint density at radius 3 is 2.65 bits per heavy atom. The minimum Gasteiger partial charge on any atom is -0.493 e. The molecule has 0 amide bonds. The number of imidazole rings is 1. The molecule has 3 N–H and O–H groups in total. The summed E-state index contributed by atoms with van der Waals surface area (Å²) in [4.78, 5) is 9.48. The number of fused-ring (bicyclic) bond motifs is 2. The molecule has 3 heterocycles. The summed E-state index contributed by atoms with van der Waals surface area (Å²) in [5, 5.41) is 2.09. The van der Waals surface area contributed by atoms with Crippen molar-refractivity contribution in [2.24, 2.45) is 0 Å². The second-order valence-electron chi connectivity index (χ2n) is 7.52. The molecule has 0 unspecified atom stereocenters. The Labute approximate surface area is 207 Å². The van der Waals surface area contributed by atoms with Gasteiger partial charge in [0.05, 0.1) is 12.1 Å². The molecule has 0 aliphatic carbocycles. The minimum atomic E-state index is -5.44. The number of benzene rings is 1. The van der Waals surface area contributed by atoms with Crippen molar-refractivity contribution in [2.75, 3.05) is 18.9 Å². The molecule has 1 aliphatic heterocycles.